The number of aliphatic hydroxyl groups is 1. The molecule has 20 heavy (non-hydrogen) atoms. The van der Waals surface area contributed by atoms with E-state index in [0.717, 1.165) is 5.56 Å². The van der Waals surface area contributed by atoms with Crippen molar-refractivity contribution >= 4 is 11.6 Å². The lowest BCUT2D eigenvalue weighted by atomic mass is 10.1. The lowest BCUT2D eigenvalue weighted by Crippen LogP contribution is -2.40. The van der Waals surface area contributed by atoms with Crippen molar-refractivity contribution in [3.63, 3.8) is 0 Å². The average Bonchev–Trinajstić information content (AvgIpc) is 2.40. The monoisotopic (exact) mass is 279 g/mol. The summed E-state index contributed by atoms with van der Waals surface area (Å²) in [7, 11) is 1.84. The van der Waals surface area contributed by atoms with Crippen LogP contribution >= 0.6 is 0 Å². The number of aliphatic hydroxyl groups excluding tert-OH is 1. The Balaban J connectivity index is 2.51. The molecule has 5 nitrogen and oxygen atoms in total. The van der Waals surface area contributed by atoms with Crippen LogP contribution in [0.3, 0.4) is 0 Å². The molecule has 0 radical (unpaired) electrons. The third-order valence-electron chi connectivity index (χ3n) is 3.33. The summed E-state index contributed by atoms with van der Waals surface area (Å²) < 4.78 is 0. The zero-order valence-corrected chi connectivity index (χ0v) is 12.5. The van der Waals surface area contributed by atoms with Crippen LogP contribution in [-0.2, 0) is 4.79 Å². The molecule has 0 aliphatic carbocycles. The second-order valence-electron chi connectivity index (χ2n) is 4.95. The van der Waals surface area contributed by atoms with Crippen LogP contribution in [0.1, 0.15) is 25.5 Å². The molecule has 1 atom stereocenters. The number of amides is 1. The summed E-state index contributed by atoms with van der Waals surface area (Å²) in [6.45, 7) is 6.08. The Kier molecular flexibility index (Phi) is 6.48. The van der Waals surface area contributed by atoms with Crippen LogP contribution in [0.5, 0.6) is 0 Å². The first-order chi connectivity index (χ1) is 9.47. The molecule has 112 valence electrons. The second kappa shape index (κ2) is 7.87. The zero-order valence-electron chi connectivity index (χ0n) is 12.5. The van der Waals surface area contributed by atoms with E-state index in [1.165, 1.54) is 0 Å². The van der Waals surface area contributed by atoms with Crippen molar-refractivity contribution in [1.29, 1.82) is 0 Å². The largest absolute Gasteiger partial charge is 0.399 e. The van der Waals surface area contributed by atoms with Crippen molar-refractivity contribution in [2.24, 2.45) is 0 Å². The summed E-state index contributed by atoms with van der Waals surface area (Å²) in [6, 6.07) is 7.14. The maximum Gasteiger partial charge on any atom is 0.236 e. The first kappa shape index (κ1) is 16.5. The summed E-state index contributed by atoms with van der Waals surface area (Å²) in [4.78, 5) is 15.6. The molecule has 1 rings (SSSR count). The molecule has 0 spiro atoms. The van der Waals surface area contributed by atoms with Gasteiger partial charge in [-0.25, -0.2) is 0 Å². The van der Waals surface area contributed by atoms with Gasteiger partial charge in [-0.3, -0.25) is 9.69 Å². The molecular formula is C15H25N3O2. The van der Waals surface area contributed by atoms with Gasteiger partial charge in [0, 0.05) is 25.3 Å². The van der Waals surface area contributed by atoms with Crippen molar-refractivity contribution in [3.05, 3.63) is 29.8 Å². The van der Waals surface area contributed by atoms with Crippen LogP contribution in [0.2, 0.25) is 0 Å². The molecule has 0 heterocycles. The van der Waals surface area contributed by atoms with Crippen LogP contribution in [0, 0.1) is 0 Å². The van der Waals surface area contributed by atoms with Gasteiger partial charge in [-0.2, -0.15) is 0 Å². The van der Waals surface area contributed by atoms with Gasteiger partial charge in [0.25, 0.3) is 0 Å². The first-order valence-corrected chi connectivity index (χ1v) is 6.97. The first-order valence-electron chi connectivity index (χ1n) is 6.97. The minimum atomic E-state index is -0.620. The van der Waals surface area contributed by atoms with E-state index in [-0.39, 0.29) is 5.91 Å². The summed E-state index contributed by atoms with van der Waals surface area (Å²) in [5, 5.41) is 10.1. The average molecular weight is 279 g/mol. The van der Waals surface area contributed by atoms with E-state index in [9.17, 15) is 9.90 Å². The summed E-state index contributed by atoms with van der Waals surface area (Å²) in [5.41, 5.74) is 7.09. The van der Waals surface area contributed by atoms with Gasteiger partial charge in [0.2, 0.25) is 5.91 Å². The van der Waals surface area contributed by atoms with Crippen LogP contribution in [0.15, 0.2) is 24.3 Å². The highest BCUT2D eigenvalue weighted by molar-refractivity contribution is 5.78. The van der Waals surface area contributed by atoms with E-state index < -0.39 is 6.10 Å². The zero-order chi connectivity index (χ0) is 15.1. The maximum absolute atomic E-state index is 12.0. The number of anilines is 1. The fraction of sp³-hybridized carbons (Fsp3) is 0.533. The Morgan fingerprint density at radius 2 is 1.80 bits per heavy atom. The number of rotatable bonds is 7. The van der Waals surface area contributed by atoms with Gasteiger partial charge in [0.15, 0.2) is 0 Å². The molecule has 0 saturated carbocycles. The molecule has 3 N–H and O–H groups in total. The molecule has 1 amide bonds. The third-order valence-corrected chi connectivity index (χ3v) is 3.33. The lowest BCUT2D eigenvalue weighted by molar-refractivity contribution is -0.132. The highest BCUT2D eigenvalue weighted by atomic mass is 16.3. The van der Waals surface area contributed by atoms with Crippen LogP contribution in [0.25, 0.3) is 0 Å². The van der Waals surface area contributed by atoms with E-state index in [0.29, 0.717) is 31.9 Å². The van der Waals surface area contributed by atoms with Crippen LogP contribution < -0.4 is 5.73 Å². The summed E-state index contributed by atoms with van der Waals surface area (Å²) >= 11 is 0. The molecule has 5 heteroatoms. The van der Waals surface area contributed by atoms with Gasteiger partial charge in [0.05, 0.1) is 12.6 Å². The number of likely N-dealkylation sites (N-methyl/N-ethyl adjacent to an activating group) is 2. The van der Waals surface area contributed by atoms with E-state index in [4.69, 9.17) is 5.73 Å². The number of hydrogen-bond acceptors (Lipinski definition) is 4. The third kappa shape index (κ3) is 4.83. The van der Waals surface area contributed by atoms with E-state index in [1.54, 1.807) is 29.2 Å². The highest BCUT2D eigenvalue weighted by Gasteiger charge is 2.15. The Hall–Kier alpha value is -1.59. The Labute approximate surface area is 121 Å². The number of hydrogen-bond donors (Lipinski definition) is 2. The molecule has 0 bridgehead atoms. The number of carbonyl (C=O) groups excluding carboxylic acids is 1. The van der Waals surface area contributed by atoms with Crippen LogP contribution in [-0.4, -0.2) is 54.0 Å². The molecule has 1 aromatic rings. The molecule has 0 saturated heterocycles. The summed E-state index contributed by atoms with van der Waals surface area (Å²) in [5.74, 6) is 0.0852. The van der Waals surface area contributed by atoms with Gasteiger partial charge >= 0.3 is 0 Å². The van der Waals surface area contributed by atoms with Crippen LogP contribution in [0.4, 0.5) is 5.69 Å². The maximum atomic E-state index is 12.0. The minimum Gasteiger partial charge on any atom is -0.399 e. The second-order valence-corrected chi connectivity index (χ2v) is 4.95. The van der Waals surface area contributed by atoms with Gasteiger partial charge in [-0.1, -0.05) is 12.1 Å². The van der Waals surface area contributed by atoms with E-state index in [1.807, 2.05) is 25.8 Å². The molecule has 1 unspecified atom stereocenters. The van der Waals surface area contributed by atoms with Crippen molar-refractivity contribution < 1.29 is 9.90 Å². The van der Waals surface area contributed by atoms with Crippen molar-refractivity contribution in [3.8, 4) is 0 Å². The molecule has 0 aromatic heterocycles. The van der Waals surface area contributed by atoms with Gasteiger partial charge < -0.3 is 15.7 Å². The number of nitrogens with two attached hydrogens (primary N) is 1. The SMILES string of the molecule is CCN(CC)C(=O)CN(C)CC(O)c1ccc(N)cc1. The number of nitrogens with zero attached hydrogens (tertiary/aromatic N) is 2. The number of nitrogen functional groups attached to an aromatic ring is 1. The van der Waals surface area contributed by atoms with Crippen molar-refractivity contribution in [1.82, 2.24) is 9.80 Å². The normalized spacial score (nSPS) is 12.4. The standard InChI is InChI=1S/C15H25N3O2/c1-4-18(5-2)15(20)11-17(3)10-14(19)12-6-8-13(16)9-7-12/h6-9,14,19H,4-5,10-11,16H2,1-3H3. The molecular weight excluding hydrogens is 254 g/mol. The smallest absolute Gasteiger partial charge is 0.236 e. The number of carbonyl (C=O) groups is 1. The molecule has 0 aliphatic heterocycles. The fourth-order valence-corrected chi connectivity index (χ4v) is 2.09. The topological polar surface area (TPSA) is 69.8 Å². The van der Waals surface area contributed by atoms with Gasteiger partial charge in [-0.05, 0) is 38.6 Å². The van der Waals surface area contributed by atoms with Crippen molar-refractivity contribution in [2.75, 3.05) is 39.0 Å². The van der Waals surface area contributed by atoms with E-state index >= 15 is 0 Å². The molecule has 1 aromatic carbocycles. The van der Waals surface area contributed by atoms with Gasteiger partial charge in [-0.15, -0.1) is 0 Å². The Morgan fingerprint density at radius 3 is 2.30 bits per heavy atom. The molecule has 0 aliphatic rings. The Morgan fingerprint density at radius 1 is 1.25 bits per heavy atom. The highest BCUT2D eigenvalue weighted by Crippen LogP contribution is 2.15. The Bertz CT molecular complexity index is 416. The minimum absolute atomic E-state index is 0.0852. The number of benzene rings is 1. The van der Waals surface area contributed by atoms with Gasteiger partial charge in [0.1, 0.15) is 0 Å². The fourth-order valence-electron chi connectivity index (χ4n) is 2.09. The predicted molar refractivity (Wildman–Crippen MR) is 81.2 cm³/mol. The lowest BCUT2D eigenvalue weighted by Gasteiger charge is -2.24. The quantitative estimate of drug-likeness (QED) is 0.733. The van der Waals surface area contributed by atoms with E-state index in [2.05, 4.69) is 0 Å². The predicted octanol–water partition coefficient (Wildman–Crippen LogP) is 1.10. The summed E-state index contributed by atoms with van der Waals surface area (Å²) in [6.07, 6.45) is -0.620. The molecule has 0 fully saturated rings. The van der Waals surface area contributed by atoms with Crippen molar-refractivity contribution in [2.45, 2.75) is 20.0 Å².